The summed E-state index contributed by atoms with van der Waals surface area (Å²) in [5, 5.41) is 0. The first-order valence-corrected chi connectivity index (χ1v) is 10.6. The molecule has 2 aromatic rings. The van der Waals surface area contributed by atoms with Gasteiger partial charge in [0.1, 0.15) is 5.82 Å². The summed E-state index contributed by atoms with van der Waals surface area (Å²) in [5.41, 5.74) is 1.12. The zero-order chi connectivity index (χ0) is 24.9. The summed E-state index contributed by atoms with van der Waals surface area (Å²) >= 11 is 0. The highest BCUT2D eigenvalue weighted by Crippen LogP contribution is 2.37. The van der Waals surface area contributed by atoms with Crippen molar-refractivity contribution in [3.63, 3.8) is 0 Å². The minimum Gasteiger partial charge on any atom is -0.373 e. The average molecular weight is 455 g/mol. The highest BCUT2D eigenvalue weighted by molar-refractivity contribution is 5.67. The molecule has 1 aliphatic heterocycles. The molecule has 0 saturated carbocycles. The second-order valence-corrected chi connectivity index (χ2v) is 6.71. The van der Waals surface area contributed by atoms with E-state index >= 15 is 0 Å². The third-order valence-corrected chi connectivity index (χ3v) is 4.24. The maximum absolute atomic E-state index is 14.1. The molecule has 1 atom stereocenters. The van der Waals surface area contributed by atoms with E-state index in [0.29, 0.717) is 6.54 Å². The van der Waals surface area contributed by atoms with Gasteiger partial charge in [0.25, 0.3) is 0 Å². The van der Waals surface area contributed by atoms with Crippen molar-refractivity contribution in [3.05, 3.63) is 77.1 Å². The smallest absolute Gasteiger partial charge is 0.373 e. The minimum atomic E-state index is -4.47. The highest BCUT2D eigenvalue weighted by atomic mass is 19.4. The Labute approximate surface area is 189 Å². The van der Waals surface area contributed by atoms with Crippen LogP contribution in [0.5, 0.6) is 0 Å². The monoisotopic (exact) mass is 454 g/mol. The molecule has 3 nitrogen and oxygen atoms in total. The summed E-state index contributed by atoms with van der Waals surface area (Å²) in [6.45, 7) is 8.45. The van der Waals surface area contributed by atoms with Gasteiger partial charge in [-0.3, -0.25) is 4.79 Å². The molecule has 1 aliphatic rings. The molecule has 1 amide bonds. The molecular formula is C25H34F4N2O. The van der Waals surface area contributed by atoms with Gasteiger partial charge < -0.3 is 9.80 Å². The van der Waals surface area contributed by atoms with Crippen LogP contribution in [0.2, 0.25) is 0 Å². The van der Waals surface area contributed by atoms with E-state index in [-0.39, 0.29) is 5.56 Å². The lowest BCUT2D eigenvalue weighted by atomic mass is 9.97. The van der Waals surface area contributed by atoms with Crippen molar-refractivity contribution >= 4 is 12.1 Å². The number of rotatable bonds is 3. The van der Waals surface area contributed by atoms with E-state index in [9.17, 15) is 22.4 Å². The SMILES string of the molecule is CC.CC.CN(C)C=O.CN1CC(c2cc(C(F)(F)F)ccc2F)C=C1c1ccccc1. The number of amides is 1. The highest BCUT2D eigenvalue weighted by Gasteiger charge is 2.33. The van der Waals surface area contributed by atoms with E-state index in [4.69, 9.17) is 0 Å². The largest absolute Gasteiger partial charge is 0.416 e. The second kappa shape index (κ2) is 14.3. The Morgan fingerprint density at radius 1 is 1.00 bits per heavy atom. The van der Waals surface area contributed by atoms with Crippen molar-refractivity contribution in [1.82, 2.24) is 9.80 Å². The van der Waals surface area contributed by atoms with Crippen LogP contribution in [0.4, 0.5) is 17.6 Å². The molecule has 7 heteroatoms. The molecule has 0 aliphatic carbocycles. The lowest BCUT2D eigenvalue weighted by Gasteiger charge is -2.18. The normalized spacial score (nSPS) is 14.5. The Hall–Kier alpha value is -2.83. The van der Waals surface area contributed by atoms with E-state index < -0.39 is 23.5 Å². The summed E-state index contributed by atoms with van der Waals surface area (Å²) in [6, 6.07) is 12.1. The van der Waals surface area contributed by atoms with Gasteiger partial charge >= 0.3 is 6.18 Å². The van der Waals surface area contributed by atoms with Gasteiger partial charge in [-0.25, -0.2) is 4.39 Å². The second-order valence-electron chi connectivity index (χ2n) is 6.71. The van der Waals surface area contributed by atoms with Gasteiger partial charge in [-0.15, -0.1) is 0 Å². The molecule has 1 unspecified atom stereocenters. The van der Waals surface area contributed by atoms with Crippen LogP contribution in [0, 0.1) is 5.82 Å². The van der Waals surface area contributed by atoms with Crippen molar-refractivity contribution in [2.24, 2.45) is 0 Å². The fourth-order valence-electron chi connectivity index (χ4n) is 2.88. The van der Waals surface area contributed by atoms with Gasteiger partial charge in [-0.05, 0) is 29.3 Å². The fraction of sp³-hybridized carbons (Fsp3) is 0.400. The standard InChI is InChI=1S/C18H15F4N.C3H7NO.2C2H6/c1-23-11-13(9-17(23)12-5-3-2-4-6-12)15-10-14(18(20,21)22)7-8-16(15)19;1-4(2)3-5;2*1-2/h2-10,13H,11H2,1H3;3H,1-2H3;2*1-2H3. The Morgan fingerprint density at radius 2 is 1.53 bits per heavy atom. The van der Waals surface area contributed by atoms with Gasteiger partial charge in [-0.2, -0.15) is 13.2 Å². The molecule has 0 radical (unpaired) electrons. The van der Waals surface area contributed by atoms with Gasteiger partial charge in [-0.1, -0.05) is 64.1 Å². The van der Waals surface area contributed by atoms with Crippen LogP contribution in [0.1, 0.15) is 50.3 Å². The predicted molar refractivity (Wildman–Crippen MR) is 124 cm³/mol. The maximum Gasteiger partial charge on any atom is 0.416 e. The zero-order valence-corrected chi connectivity index (χ0v) is 19.9. The Balaban J connectivity index is 0.000000928. The fourth-order valence-corrected chi connectivity index (χ4v) is 2.88. The molecule has 0 N–H and O–H groups in total. The van der Waals surface area contributed by atoms with Crippen molar-refractivity contribution in [1.29, 1.82) is 0 Å². The molecule has 2 aromatic carbocycles. The molecule has 0 saturated heterocycles. The molecule has 0 aromatic heterocycles. The van der Waals surface area contributed by atoms with E-state index in [2.05, 4.69) is 0 Å². The molecular weight excluding hydrogens is 420 g/mol. The average Bonchev–Trinajstić information content (AvgIpc) is 3.18. The minimum absolute atomic E-state index is 0.0811. The van der Waals surface area contributed by atoms with Crippen molar-refractivity contribution in [2.45, 2.75) is 39.8 Å². The van der Waals surface area contributed by atoms with Crippen molar-refractivity contribution in [2.75, 3.05) is 27.7 Å². The van der Waals surface area contributed by atoms with E-state index in [1.165, 1.54) is 4.90 Å². The van der Waals surface area contributed by atoms with Crippen molar-refractivity contribution in [3.8, 4) is 0 Å². The van der Waals surface area contributed by atoms with Gasteiger partial charge in [0.15, 0.2) is 0 Å². The summed E-state index contributed by atoms with van der Waals surface area (Å²) in [5.74, 6) is -1.01. The first kappa shape index (κ1) is 29.2. The van der Waals surface area contributed by atoms with E-state index in [0.717, 1.165) is 35.9 Å². The Kier molecular flexibility index (Phi) is 13.0. The third-order valence-electron chi connectivity index (χ3n) is 4.24. The molecule has 0 fully saturated rings. The van der Waals surface area contributed by atoms with Crippen LogP contribution in [0.3, 0.4) is 0 Å². The zero-order valence-electron chi connectivity index (χ0n) is 19.9. The summed E-state index contributed by atoms with van der Waals surface area (Å²) in [6.07, 6.45) is -1.90. The number of halogens is 4. The first-order chi connectivity index (χ1) is 15.1. The summed E-state index contributed by atoms with van der Waals surface area (Å²) < 4.78 is 52.6. The van der Waals surface area contributed by atoms with Crippen molar-refractivity contribution < 1.29 is 22.4 Å². The molecule has 32 heavy (non-hydrogen) atoms. The molecule has 178 valence electrons. The van der Waals surface area contributed by atoms with Gasteiger partial charge in [0.05, 0.1) is 5.56 Å². The molecule has 1 heterocycles. The van der Waals surface area contributed by atoms with Gasteiger partial charge in [0.2, 0.25) is 6.41 Å². The number of carbonyl (C=O) groups excluding carboxylic acids is 1. The number of alkyl halides is 3. The first-order valence-electron chi connectivity index (χ1n) is 10.6. The van der Waals surface area contributed by atoms with Crippen LogP contribution >= 0.6 is 0 Å². The number of benzene rings is 2. The Morgan fingerprint density at radius 3 is 2.00 bits per heavy atom. The molecule has 3 rings (SSSR count). The number of likely N-dealkylation sites (N-methyl/N-ethyl adjacent to an activating group) is 1. The number of carbonyl (C=O) groups is 1. The molecule has 0 bridgehead atoms. The number of hydrogen-bond acceptors (Lipinski definition) is 2. The topological polar surface area (TPSA) is 23.6 Å². The van der Waals surface area contributed by atoms with Crippen LogP contribution in [-0.2, 0) is 11.0 Å². The number of hydrogen-bond donors (Lipinski definition) is 0. The summed E-state index contributed by atoms with van der Waals surface area (Å²) in [4.78, 5) is 12.8. The lowest BCUT2D eigenvalue weighted by Crippen LogP contribution is -2.16. The van der Waals surface area contributed by atoms with Gasteiger partial charge in [0, 0.05) is 39.3 Å². The molecule has 0 spiro atoms. The van der Waals surface area contributed by atoms with Crippen LogP contribution in [-0.4, -0.2) is 43.9 Å². The maximum atomic E-state index is 14.1. The Bertz CT molecular complexity index is 834. The van der Waals surface area contributed by atoms with Crippen LogP contribution in [0.25, 0.3) is 5.70 Å². The van der Waals surface area contributed by atoms with Crippen LogP contribution in [0.15, 0.2) is 54.6 Å². The number of nitrogens with zero attached hydrogens (tertiary/aromatic N) is 2. The third kappa shape index (κ3) is 8.73. The predicted octanol–water partition coefficient (Wildman–Crippen LogP) is 6.67. The van der Waals surface area contributed by atoms with E-state index in [1.807, 2.05) is 76.1 Å². The lowest BCUT2D eigenvalue weighted by molar-refractivity contribution is -0.137. The summed E-state index contributed by atoms with van der Waals surface area (Å²) in [7, 11) is 5.23. The van der Waals surface area contributed by atoms with E-state index in [1.54, 1.807) is 14.1 Å². The quantitative estimate of drug-likeness (QED) is 0.382. The van der Waals surface area contributed by atoms with Crippen LogP contribution < -0.4 is 0 Å².